The molecule has 0 atom stereocenters. The molecule has 0 radical (unpaired) electrons. The lowest BCUT2D eigenvalue weighted by Crippen LogP contribution is -2.28. The number of aliphatic imine (C=N–C) groups is 2. The smallest absolute Gasteiger partial charge is 0.124 e. The van der Waals surface area contributed by atoms with Gasteiger partial charge in [-0.2, -0.15) is 0 Å². The van der Waals surface area contributed by atoms with E-state index in [2.05, 4.69) is 88.5 Å². The maximum Gasteiger partial charge on any atom is 0.124 e. The summed E-state index contributed by atoms with van der Waals surface area (Å²) in [5.41, 5.74) is 8.78. The fraction of sp³-hybridized carbons (Fsp3) is 0.588. The summed E-state index contributed by atoms with van der Waals surface area (Å²) in [5, 5.41) is 4.02. The van der Waals surface area contributed by atoms with Crippen LogP contribution in [0.25, 0.3) is 11.1 Å². The summed E-state index contributed by atoms with van der Waals surface area (Å²) in [4.78, 5) is 10.5. The zero-order valence-corrected chi connectivity index (χ0v) is 25.4. The lowest BCUT2D eigenvalue weighted by atomic mass is 9.99. The van der Waals surface area contributed by atoms with Crippen LogP contribution in [-0.4, -0.2) is 28.6 Å². The Labute approximate surface area is 233 Å². The number of nitrogens with zero attached hydrogens (tertiary/aromatic N) is 2. The highest BCUT2D eigenvalue weighted by Gasteiger charge is 2.35. The zero-order chi connectivity index (χ0) is 26.9. The van der Waals surface area contributed by atoms with Gasteiger partial charge in [-0.1, -0.05) is 88.8 Å². The van der Waals surface area contributed by atoms with Gasteiger partial charge in [0.25, 0.3) is 0 Å². The summed E-state index contributed by atoms with van der Waals surface area (Å²) in [5.74, 6) is 0.605. The maximum atomic E-state index is 5.37. The minimum absolute atomic E-state index is 0.289. The van der Waals surface area contributed by atoms with E-state index < -0.39 is 0 Å². The van der Waals surface area contributed by atoms with Gasteiger partial charge in [0, 0.05) is 28.6 Å². The SMILES string of the molecule is CC(CC(C)C)=Nc1ccccc1-c1ccccc1NC(=NC(C)C)P(C1CCCCC1)C1CCCCC1. The number of hydrogen-bond donors (Lipinski definition) is 1. The van der Waals surface area contributed by atoms with Crippen molar-refractivity contribution in [1.82, 2.24) is 0 Å². The molecule has 2 saturated carbocycles. The average molecular weight is 532 g/mol. The number of rotatable bonds is 9. The second-order valence-electron chi connectivity index (χ2n) is 12.2. The monoisotopic (exact) mass is 531 g/mol. The quantitative estimate of drug-likeness (QED) is 0.195. The first-order valence-corrected chi connectivity index (χ1v) is 16.8. The Morgan fingerprint density at radius 3 is 1.92 bits per heavy atom. The molecule has 0 spiro atoms. The summed E-state index contributed by atoms with van der Waals surface area (Å²) in [7, 11) is -0.318. The van der Waals surface area contributed by atoms with Gasteiger partial charge in [0.05, 0.1) is 5.69 Å². The second-order valence-corrected chi connectivity index (χ2v) is 14.9. The topological polar surface area (TPSA) is 36.8 Å². The third kappa shape index (κ3) is 8.01. The van der Waals surface area contributed by atoms with E-state index in [0.29, 0.717) is 5.92 Å². The molecule has 0 amide bonds. The van der Waals surface area contributed by atoms with Gasteiger partial charge >= 0.3 is 0 Å². The second kappa shape index (κ2) is 14.4. The number of nitrogens with one attached hydrogen (secondary N) is 1. The van der Waals surface area contributed by atoms with Gasteiger partial charge in [-0.15, -0.1) is 0 Å². The van der Waals surface area contributed by atoms with E-state index in [0.717, 1.165) is 23.4 Å². The van der Waals surface area contributed by atoms with Crippen LogP contribution in [0.2, 0.25) is 0 Å². The molecule has 1 N–H and O–H groups in total. The molecular weight excluding hydrogens is 481 g/mol. The largest absolute Gasteiger partial charge is 0.340 e. The Kier molecular flexibility index (Phi) is 11.0. The van der Waals surface area contributed by atoms with Gasteiger partial charge in [0.1, 0.15) is 5.58 Å². The molecule has 2 aliphatic rings. The highest BCUT2D eigenvalue weighted by Crippen LogP contribution is 2.57. The highest BCUT2D eigenvalue weighted by molar-refractivity contribution is 7.76. The van der Waals surface area contributed by atoms with Gasteiger partial charge in [-0.3, -0.25) is 9.98 Å². The van der Waals surface area contributed by atoms with Crippen molar-refractivity contribution in [2.75, 3.05) is 5.32 Å². The molecule has 2 aliphatic carbocycles. The summed E-state index contributed by atoms with van der Waals surface area (Å²) < 4.78 is 0. The van der Waals surface area contributed by atoms with E-state index in [1.165, 1.54) is 92.3 Å². The minimum Gasteiger partial charge on any atom is -0.340 e. The van der Waals surface area contributed by atoms with Gasteiger partial charge < -0.3 is 5.32 Å². The molecule has 0 aliphatic heterocycles. The van der Waals surface area contributed by atoms with E-state index in [1.54, 1.807) is 0 Å². The molecular formula is C34H50N3P. The fourth-order valence-corrected chi connectivity index (χ4v) is 10.1. The van der Waals surface area contributed by atoms with Crippen molar-refractivity contribution >= 4 is 30.6 Å². The average Bonchev–Trinajstić information content (AvgIpc) is 2.90. The maximum absolute atomic E-state index is 5.37. The van der Waals surface area contributed by atoms with Gasteiger partial charge in [0.2, 0.25) is 0 Å². The predicted molar refractivity (Wildman–Crippen MR) is 171 cm³/mol. The van der Waals surface area contributed by atoms with Crippen molar-refractivity contribution in [2.45, 2.75) is 123 Å². The van der Waals surface area contributed by atoms with Gasteiger partial charge in [-0.25, -0.2) is 0 Å². The third-order valence-electron chi connectivity index (χ3n) is 7.94. The zero-order valence-electron chi connectivity index (χ0n) is 24.5. The fourth-order valence-electron chi connectivity index (χ4n) is 6.36. The van der Waals surface area contributed by atoms with Crippen LogP contribution in [0.5, 0.6) is 0 Å². The van der Waals surface area contributed by atoms with Crippen LogP contribution < -0.4 is 5.32 Å². The molecule has 2 aromatic rings. The Morgan fingerprint density at radius 1 is 0.789 bits per heavy atom. The van der Waals surface area contributed by atoms with Crippen LogP contribution in [0.3, 0.4) is 0 Å². The van der Waals surface area contributed by atoms with Gasteiger partial charge in [0.15, 0.2) is 0 Å². The molecule has 38 heavy (non-hydrogen) atoms. The molecule has 4 rings (SSSR count). The van der Waals surface area contributed by atoms with Crippen LogP contribution in [-0.2, 0) is 0 Å². The normalized spacial score (nSPS) is 18.5. The van der Waals surface area contributed by atoms with Crippen molar-refractivity contribution in [2.24, 2.45) is 15.9 Å². The van der Waals surface area contributed by atoms with Crippen LogP contribution >= 0.6 is 7.92 Å². The van der Waals surface area contributed by atoms with Crippen LogP contribution in [0.4, 0.5) is 11.4 Å². The molecule has 2 fully saturated rings. The third-order valence-corrected chi connectivity index (χ3v) is 11.3. The predicted octanol–water partition coefficient (Wildman–Crippen LogP) is 10.8. The molecule has 3 nitrogen and oxygen atoms in total. The van der Waals surface area contributed by atoms with E-state index in [-0.39, 0.29) is 14.0 Å². The summed E-state index contributed by atoms with van der Waals surface area (Å²) >= 11 is 0. The Hall–Kier alpha value is -1.99. The van der Waals surface area contributed by atoms with Gasteiger partial charge in [-0.05, 0) is 90.2 Å². The van der Waals surface area contributed by atoms with Crippen LogP contribution in [0.15, 0.2) is 58.5 Å². The van der Waals surface area contributed by atoms with Crippen molar-refractivity contribution in [3.8, 4) is 11.1 Å². The molecule has 0 bridgehead atoms. The number of para-hydroxylation sites is 2. The Morgan fingerprint density at radius 2 is 1.34 bits per heavy atom. The molecule has 2 aromatic carbocycles. The summed E-state index contributed by atoms with van der Waals surface area (Å²) in [6.45, 7) is 11.2. The van der Waals surface area contributed by atoms with Crippen molar-refractivity contribution in [3.63, 3.8) is 0 Å². The van der Waals surface area contributed by atoms with E-state index in [9.17, 15) is 0 Å². The first kappa shape index (κ1) is 29.0. The number of hydrogen-bond acceptors (Lipinski definition) is 2. The molecule has 206 valence electrons. The molecule has 0 heterocycles. The molecule has 0 saturated heterocycles. The van der Waals surface area contributed by atoms with Crippen molar-refractivity contribution in [1.29, 1.82) is 0 Å². The summed E-state index contributed by atoms with van der Waals surface area (Å²) in [6.07, 6.45) is 14.9. The van der Waals surface area contributed by atoms with E-state index >= 15 is 0 Å². The van der Waals surface area contributed by atoms with Crippen LogP contribution in [0, 0.1) is 5.92 Å². The number of amidine groups is 1. The van der Waals surface area contributed by atoms with Crippen LogP contribution in [0.1, 0.15) is 105 Å². The van der Waals surface area contributed by atoms with E-state index in [1.807, 2.05) is 0 Å². The number of anilines is 1. The van der Waals surface area contributed by atoms with E-state index in [4.69, 9.17) is 9.98 Å². The first-order valence-electron chi connectivity index (χ1n) is 15.3. The minimum atomic E-state index is -0.318. The Balaban J connectivity index is 1.72. The highest BCUT2D eigenvalue weighted by atomic mass is 31.1. The molecule has 0 unspecified atom stereocenters. The lowest BCUT2D eigenvalue weighted by Gasteiger charge is -2.39. The van der Waals surface area contributed by atoms with Crippen molar-refractivity contribution in [3.05, 3.63) is 48.5 Å². The summed E-state index contributed by atoms with van der Waals surface area (Å²) in [6, 6.07) is 17.8. The standard InChI is InChI=1S/C34H50N3P/c1-25(2)24-27(5)36-32-22-14-12-20-30(32)31-21-13-15-23-33(31)37-34(35-26(3)4)38(28-16-8-6-9-17-28)29-18-10-7-11-19-29/h12-15,20-23,25-26,28-29H,6-11,16-19,24H2,1-5H3,(H,35,37). The lowest BCUT2D eigenvalue weighted by molar-refractivity contribution is 0.487. The molecule has 0 aromatic heterocycles. The van der Waals surface area contributed by atoms with Crippen molar-refractivity contribution < 1.29 is 0 Å². The Bertz CT molecular complexity index is 1060. The number of benzene rings is 2. The first-order chi connectivity index (χ1) is 18.4. The molecule has 4 heteroatoms.